The molecule has 0 aromatic carbocycles. The lowest BCUT2D eigenvalue weighted by Crippen LogP contribution is -2.43. The molecule has 1 aliphatic rings. The summed E-state index contributed by atoms with van der Waals surface area (Å²) in [6.07, 6.45) is 12.1. The minimum Gasteiger partial charge on any atom is -0.349 e. The average Bonchev–Trinajstić information content (AvgIpc) is 2.13. The lowest BCUT2D eigenvalue weighted by atomic mass is 10.1. The molecule has 0 unspecified atom stereocenters. The first-order valence-electron chi connectivity index (χ1n) is 4.71. The van der Waals surface area contributed by atoms with Crippen LogP contribution in [0.3, 0.4) is 0 Å². The molecule has 80 valence electrons. The Labute approximate surface area is 89.0 Å². The van der Waals surface area contributed by atoms with Crippen LogP contribution < -0.4 is 16.8 Å². The zero-order chi connectivity index (χ0) is 11.1. The highest BCUT2D eigenvalue weighted by Gasteiger charge is 2.05. The normalized spacial score (nSPS) is 24.6. The summed E-state index contributed by atoms with van der Waals surface area (Å²) in [7, 11) is 0. The van der Waals surface area contributed by atoms with Gasteiger partial charge in [-0.15, -0.1) is 0 Å². The lowest BCUT2D eigenvalue weighted by molar-refractivity contribution is -0.117. The summed E-state index contributed by atoms with van der Waals surface area (Å²) in [6, 6.07) is 0. The van der Waals surface area contributed by atoms with Gasteiger partial charge in [-0.3, -0.25) is 4.79 Å². The standard InChI is InChI=1S/C11H15N3O/c12-10(13)8-14-11(15)9-6-4-2-1-3-5-7-9/h1-7,10H,8,12-13H2,(H,14,15)/b2-1-,3-1?,4-2?,5-3-,6-4-,7-5?,9-6?,9-7+. The topological polar surface area (TPSA) is 81.1 Å². The highest BCUT2D eigenvalue weighted by atomic mass is 16.1. The van der Waals surface area contributed by atoms with E-state index in [-0.39, 0.29) is 12.5 Å². The number of carbonyl (C=O) groups is 1. The van der Waals surface area contributed by atoms with E-state index in [2.05, 4.69) is 5.32 Å². The number of nitrogens with two attached hydrogens (primary N) is 2. The third kappa shape index (κ3) is 4.39. The summed E-state index contributed by atoms with van der Waals surface area (Å²) in [5.41, 5.74) is 11.2. The minimum atomic E-state index is -0.525. The van der Waals surface area contributed by atoms with Gasteiger partial charge in [0.25, 0.3) is 5.91 Å². The molecule has 0 saturated carbocycles. The quantitative estimate of drug-likeness (QED) is 0.565. The predicted molar refractivity (Wildman–Crippen MR) is 60.7 cm³/mol. The average molecular weight is 205 g/mol. The predicted octanol–water partition coefficient (Wildman–Crippen LogP) is -0.0453. The molecule has 0 spiro atoms. The van der Waals surface area contributed by atoms with E-state index >= 15 is 0 Å². The molecule has 0 aliphatic heterocycles. The number of allylic oxidation sites excluding steroid dienone is 6. The fraction of sp³-hybridized carbons (Fsp3) is 0.182. The molecular weight excluding hydrogens is 190 g/mol. The van der Waals surface area contributed by atoms with Gasteiger partial charge in [0, 0.05) is 12.1 Å². The summed E-state index contributed by atoms with van der Waals surface area (Å²) in [5, 5.41) is 2.63. The van der Waals surface area contributed by atoms with Crippen molar-refractivity contribution in [1.29, 1.82) is 0 Å². The number of carbonyl (C=O) groups excluding carboxylic acids is 1. The Hall–Kier alpha value is -1.65. The fourth-order valence-corrected chi connectivity index (χ4v) is 1.03. The van der Waals surface area contributed by atoms with Gasteiger partial charge in [0.15, 0.2) is 0 Å². The highest BCUT2D eigenvalue weighted by molar-refractivity contribution is 5.96. The Kier molecular flexibility index (Phi) is 4.53. The first kappa shape index (κ1) is 11.4. The second-order valence-corrected chi connectivity index (χ2v) is 3.12. The van der Waals surface area contributed by atoms with Crippen molar-refractivity contribution in [1.82, 2.24) is 5.32 Å². The van der Waals surface area contributed by atoms with Crippen LogP contribution in [0, 0.1) is 0 Å². The van der Waals surface area contributed by atoms with Crippen LogP contribution in [-0.2, 0) is 4.79 Å². The third-order valence-corrected chi connectivity index (χ3v) is 1.76. The second-order valence-electron chi connectivity index (χ2n) is 3.12. The van der Waals surface area contributed by atoms with Gasteiger partial charge in [-0.2, -0.15) is 0 Å². The maximum Gasteiger partial charge on any atom is 0.251 e. The Balaban J connectivity index is 2.58. The number of amides is 1. The van der Waals surface area contributed by atoms with Crippen LogP contribution in [0.4, 0.5) is 0 Å². The lowest BCUT2D eigenvalue weighted by Gasteiger charge is -2.08. The van der Waals surface area contributed by atoms with Gasteiger partial charge in [0.1, 0.15) is 0 Å². The summed E-state index contributed by atoms with van der Waals surface area (Å²) in [6.45, 7) is 0.267. The Bertz CT molecular complexity index is 338. The summed E-state index contributed by atoms with van der Waals surface area (Å²) in [4.78, 5) is 11.6. The van der Waals surface area contributed by atoms with Crippen LogP contribution in [0.15, 0.2) is 48.1 Å². The second kappa shape index (κ2) is 5.95. The van der Waals surface area contributed by atoms with Crippen molar-refractivity contribution in [2.45, 2.75) is 6.17 Å². The maximum absolute atomic E-state index is 11.6. The van der Waals surface area contributed by atoms with E-state index in [1.165, 1.54) is 0 Å². The zero-order valence-corrected chi connectivity index (χ0v) is 8.39. The van der Waals surface area contributed by atoms with Gasteiger partial charge in [-0.1, -0.05) is 30.4 Å². The molecule has 5 N–H and O–H groups in total. The molecule has 1 rings (SSSR count). The smallest absolute Gasteiger partial charge is 0.251 e. The van der Waals surface area contributed by atoms with E-state index < -0.39 is 6.17 Å². The molecule has 0 bridgehead atoms. The molecule has 0 heterocycles. The monoisotopic (exact) mass is 205 g/mol. The Morgan fingerprint density at radius 2 is 1.87 bits per heavy atom. The van der Waals surface area contributed by atoms with E-state index in [0.29, 0.717) is 5.57 Å². The van der Waals surface area contributed by atoms with Gasteiger partial charge < -0.3 is 16.8 Å². The van der Waals surface area contributed by atoms with Crippen molar-refractivity contribution < 1.29 is 4.79 Å². The molecule has 0 aromatic rings. The van der Waals surface area contributed by atoms with Crippen LogP contribution in [0.1, 0.15) is 0 Å². The first-order valence-corrected chi connectivity index (χ1v) is 4.71. The van der Waals surface area contributed by atoms with Gasteiger partial charge in [-0.25, -0.2) is 0 Å². The molecule has 0 aromatic heterocycles. The molecule has 0 radical (unpaired) electrons. The van der Waals surface area contributed by atoms with Crippen LogP contribution in [0.5, 0.6) is 0 Å². The minimum absolute atomic E-state index is 0.174. The van der Waals surface area contributed by atoms with Crippen LogP contribution in [0.2, 0.25) is 0 Å². The van der Waals surface area contributed by atoms with E-state index in [9.17, 15) is 4.79 Å². The maximum atomic E-state index is 11.6. The van der Waals surface area contributed by atoms with Crippen molar-refractivity contribution in [2.24, 2.45) is 11.5 Å². The fourth-order valence-electron chi connectivity index (χ4n) is 1.03. The summed E-state index contributed by atoms with van der Waals surface area (Å²) >= 11 is 0. The molecule has 1 amide bonds. The molecule has 0 atom stereocenters. The van der Waals surface area contributed by atoms with Gasteiger partial charge in [-0.05, 0) is 12.2 Å². The van der Waals surface area contributed by atoms with Gasteiger partial charge in [0.2, 0.25) is 0 Å². The molecule has 4 heteroatoms. The van der Waals surface area contributed by atoms with Crippen molar-refractivity contribution in [3.05, 3.63) is 48.1 Å². The van der Waals surface area contributed by atoms with Gasteiger partial charge in [0.05, 0.1) is 6.17 Å². The molecule has 0 fully saturated rings. The van der Waals surface area contributed by atoms with Crippen LogP contribution >= 0.6 is 0 Å². The van der Waals surface area contributed by atoms with Crippen molar-refractivity contribution in [3.63, 3.8) is 0 Å². The van der Waals surface area contributed by atoms with E-state index in [0.717, 1.165) is 0 Å². The van der Waals surface area contributed by atoms with Crippen LogP contribution in [-0.4, -0.2) is 18.6 Å². The largest absolute Gasteiger partial charge is 0.349 e. The Morgan fingerprint density at radius 1 is 1.20 bits per heavy atom. The van der Waals surface area contributed by atoms with Crippen molar-refractivity contribution in [2.75, 3.05) is 6.54 Å². The van der Waals surface area contributed by atoms with E-state index in [1.807, 2.05) is 18.2 Å². The van der Waals surface area contributed by atoms with Crippen molar-refractivity contribution in [3.8, 4) is 0 Å². The molecule has 15 heavy (non-hydrogen) atoms. The molecular formula is C11H15N3O. The molecule has 1 aliphatic carbocycles. The van der Waals surface area contributed by atoms with Crippen molar-refractivity contribution >= 4 is 5.91 Å². The Morgan fingerprint density at radius 3 is 2.60 bits per heavy atom. The SMILES string of the molecule is NC(N)CNC(=O)C1=C/C=C\C=C/C=C\1. The van der Waals surface area contributed by atoms with Gasteiger partial charge >= 0.3 is 0 Å². The summed E-state index contributed by atoms with van der Waals surface area (Å²) in [5.74, 6) is -0.174. The number of hydrogen-bond acceptors (Lipinski definition) is 3. The van der Waals surface area contributed by atoms with E-state index in [4.69, 9.17) is 11.5 Å². The number of nitrogens with one attached hydrogen (secondary N) is 1. The molecule has 0 saturated heterocycles. The third-order valence-electron chi connectivity index (χ3n) is 1.76. The highest BCUT2D eigenvalue weighted by Crippen LogP contribution is 2.01. The van der Waals surface area contributed by atoms with E-state index in [1.54, 1.807) is 24.3 Å². The summed E-state index contributed by atoms with van der Waals surface area (Å²) < 4.78 is 0. The number of hydrogen-bond donors (Lipinski definition) is 3. The number of rotatable bonds is 3. The van der Waals surface area contributed by atoms with Crippen LogP contribution in [0.25, 0.3) is 0 Å². The molecule has 4 nitrogen and oxygen atoms in total. The zero-order valence-electron chi connectivity index (χ0n) is 8.39. The first-order chi connectivity index (χ1) is 7.20.